The third-order valence-corrected chi connectivity index (χ3v) is 3.85. The van der Waals surface area contributed by atoms with Gasteiger partial charge in [-0.05, 0) is 30.2 Å². The van der Waals surface area contributed by atoms with Crippen LogP contribution in [0.15, 0.2) is 57.7 Å². The summed E-state index contributed by atoms with van der Waals surface area (Å²) in [4.78, 5) is 22.0. The van der Waals surface area contributed by atoms with Gasteiger partial charge in [0.25, 0.3) is 0 Å². The highest BCUT2D eigenvalue weighted by Gasteiger charge is 2.13. The van der Waals surface area contributed by atoms with Crippen LogP contribution in [0, 0.1) is 10.1 Å². The Kier molecular flexibility index (Phi) is 5.17. The van der Waals surface area contributed by atoms with Crippen LogP contribution in [0.2, 0.25) is 0 Å². The summed E-state index contributed by atoms with van der Waals surface area (Å²) < 4.78 is 16.2. The maximum absolute atomic E-state index is 11.6. The summed E-state index contributed by atoms with van der Waals surface area (Å²) in [5.74, 6) is 0.721. The molecule has 0 atom stereocenters. The molecule has 0 bridgehead atoms. The Morgan fingerprint density at radius 2 is 1.85 bits per heavy atom. The molecule has 0 saturated heterocycles. The van der Waals surface area contributed by atoms with Gasteiger partial charge in [-0.25, -0.2) is 4.79 Å². The number of aryl methyl sites for hydroxylation is 1. The van der Waals surface area contributed by atoms with Crippen LogP contribution in [0.3, 0.4) is 0 Å². The van der Waals surface area contributed by atoms with E-state index < -0.39 is 10.5 Å². The van der Waals surface area contributed by atoms with E-state index in [1.807, 2.05) is 13.0 Å². The van der Waals surface area contributed by atoms with Crippen LogP contribution >= 0.6 is 0 Å². The zero-order valence-corrected chi connectivity index (χ0v) is 14.1. The van der Waals surface area contributed by atoms with Crippen LogP contribution in [0.4, 0.5) is 5.69 Å². The number of hydrogen-bond acceptors (Lipinski definition) is 6. The Bertz CT molecular complexity index is 995. The Hall–Kier alpha value is -3.35. The van der Waals surface area contributed by atoms with Crippen LogP contribution in [-0.2, 0) is 6.42 Å². The van der Waals surface area contributed by atoms with E-state index in [9.17, 15) is 14.9 Å². The van der Waals surface area contributed by atoms with Gasteiger partial charge in [0, 0.05) is 23.6 Å². The molecule has 3 rings (SSSR count). The summed E-state index contributed by atoms with van der Waals surface area (Å²) in [5.41, 5.74) is 0.896. The van der Waals surface area contributed by atoms with Gasteiger partial charge in [-0.2, -0.15) is 0 Å². The molecule has 1 aromatic heterocycles. The number of benzene rings is 2. The first-order valence-electron chi connectivity index (χ1n) is 8.14. The van der Waals surface area contributed by atoms with Gasteiger partial charge in [-0.15, -0.1) is 0 Å². The molecule has 0 radical (unpaired) electrons. The largest absolute Gasteiger partial charge is 0.490 e. The number of para-hydroxylation sites is 2. The molecule has 0 N–H and O–H groups in total. The molecule has 1 heterocycles. The zero-order chi connectivity index (χ0) is 18.5. The molecule has 2 aromatic carbocycles. The fourth-order valence-electron chi connectivity index (χ4n) is 2.63. The molecule has 7 heteroatoms. The van der Waals surface area contributed by atoms with Crippen molar-refractivity contribution in [1.82, 2.24) is 0 Å². The number of ether oxygens (including phenoxy) is 2. The van der Waals surface area contributed by atoms with Crippen molar-refractivity contribution in [2.45, 2.75) is 13.3 Å². The van der Waals surface area contributed by atoms with E-state index in [0.29, 0.717) is 11.3 Å². The quantitative estimate of drug-likeness (QED) is 0.278. The van der Waals surface area contributed by atoms with E-state index in [2.05, 4.69) is 0 Å². The molecule has 3 aromatic rings. The van der Waals surface area contributed by atoms with Gasteiger partial charge in [0.1, 0.15) is 24.5 Å². The summed E-state index contributed by atoms with van der Waals surface area (Å²) in [7, 11) is 0. The predicted octanol–water partition coefficient (Wildman–Crippen LogP) is 3.72. The second-order valence-electron chi connectivity index (χ2n) is 5.52. The number of rotatable bonds is 7. The normalized spacial score (nSPS) is 10.7. The van der Waals surface area contributed by atoms with E-state index in [1.54, 1.807) is 24.3 Å². The first kappa shape index (κ1) is 17.5. The van der Waals surface area contributed by atoms with Crippen LogP contribution in [0.5, 0.6) is 11.5 Å². The second-order valence-corrected chi connectivity index (χ2v) is 5.52. The van der Waals surface area contributed by atoms with E-state index in [0.717, 1.165) is 17.4 Å². The molecular weight excluding hydrogens is 338 g/mol. The van der Waals surface area contributed by atoms with Gasteiger partial charge >= 0.3 is 11.3 Å². The maximum Gasteiger partial charge on any atom is 0.336 e. The fourth-order valence-corrected chi connectivity index (χ4v) is 2.63. The highest BCUT2D eigenvalue weighted by atomic mass is 16.6. The third-order valence-electron chi connectivity index (χ3n) is 3.85. The molecule has 0 saturated carbocycles. The summed E-state index contributed by atoms with van der Waals surface area (Å²) in [6.45, 7) is 2.30. The minimum Gasteiger partial charge on any atom is -0.490 e. The third kappa shape index (κ3) is 3.83. The lowest BCUT2D eigenvalue weighted by molar-refractivity contribution is -0.385. The standard InChI is InChI=1S/C19H17NO6/c1-2-13-11-19(21)26-18-12-14(7-8-15(13)18)24-9-10-25-17-6-4-3-5-16(17)20(22)23/h3-8,11-12H,2,9-10H2,1H3. The highest BCUT2D eigenvalue weighted by molar-refractivity contribution is 5.81. The van der Waals surface area contributed by atoms with Gasteiger partial charge in [-0.1, -0.05) is 19.1 Å². The predicted molar refractivity (Wildman–Crippen MR) is 95.9 cm³/mol. The van der Waals surface area contributed by atoms with Crippen molar-refractivity contribution in [3.8, 4) is 11.5 Å². The van der Waals surface area contributed by atoms with Crippen molar-refractivity contribution in [2.75, 3.05) is 13.2 Å². The Labute approximate surface area is 148 Å². The van der Waals surface area contributed by atoms with E-state index in [-0.39, 0.29) is 24.7 Å². The van der Waals surface area contributed by atoms with Gasteiger partial charge in [0.15, 0.2) is 5.75 Å². The summed E-state index contributed by atoms with van der Waals surface area (Å²) in [6.07, 6.45) is 0.728. The monoisotopic (exact) mass is 355 g/mol. The lowest BCUT2D eigenvalue weighted by atomic mass is 10.1. The van der Waals surface area contributed by atoms with Crippen molar-refractivity contribution >= 4 is 16.7 Å². The molecular formula is C19H17NO6. The maximum atomic E-state index is 11.6. The molecule has 0 fully saturated rings. The second kappa shape index (κ2) is 7.69. The highest BCUT2D eigenvalue weighted by Crippen LogP contribution is 2.26. The molecule has 0 aliphatic heterocycles. The zero-order valence-electron chi connectivity index (χ0n) is 14.1. The van der Waals surface area contributed by atoms with E-state index >= 15 is 0 Å². The number of fused-ring (bicyclic) bond motifs is 1. The summed E-state index contributed by atoms with van der Waals surface area (Å²) in [6, 6.07) is 12.9. The van der Waals surface area contributed by atoms with Crippen molar-refractivity contribution in [1.29, 1.82) is 0 Å². The Balaban J connectivity index is 1.65. The minimum atomic E-state index is -0.493. The number of nitro groups is 1. The number of nitro benzene ring substituents is 1. The topological polar surface area (TPSA) is 91.8 Å². The van der Waals surface area contributed by atoms with E-state index in [1.165, 1.54) is 18.2 Å². The molecule has 0 unspecified atom stereocenters. The SMILES string of the molecule is CCc1cc(=O)oc2cc(OCCOc3ccccc3[N+](=O)[O-])ccc12. The summed E-state index contributed by atoms with van der Waals surface area (Å²) >= 11 is 0. The molecule has 0 aliphatic rings. The van der Waals surface area contributed by atoms with Crippen molar-refractivity contribution in [2.24, 2.45) is 0 Å². The first-order chi connectivity index (χ1) is 12.6. The van der Waals surface area contributed by atoms with Crippen molar-refractivity contribution < 1.29 is 18.8 Å². The average molecular weight is 355 g/mol. The Morgan fingerprint density at radius 3 is 2.62 bits per heavy atom. The lowest BCUT2D eigenvalue weighted by Crippen LogP contribution is -2.10. The number of nitrogens with zero attached hydrogens (tertiary/aromatic N) is 1. The van der Waals surface area contributed by atoms with Gasteiger partial charge in [0.2, 0.25) is 0 Å². The van der Waals surface area contributed by atoms with Gasteiger partial charge in [0.05, 0.1) is 4.92 Å². The molecule has 7 nitrogen and oxygen atoms in total. The Morgan fingerprint density at radius 1 is 1.08 bits per heavy atom. The average Bonchev–Trinajstić information content (AvgIpc) is 2.64. The van der Waals surface area contributed by atoms with Crippen molar-refractivity contribution in [3.05, 3.63) is 74.6 Å². The first-order valence-corrected chi connectivity index (χ1v) is 8.14. The van der Waals surface area contributed by atoms with Crippen molar-refractivity contribution in [3.63, 3.8) is 0 Å². The van der Waals surface area contributed by atoms with E-state index in [4.69, 9.17) is 13.9 Å². The van der Waals surface area contributed by atoms with Crippen LogP contribution < -0.4 is 15.1 Å². The summed E-state index contributed by atoms with van der Waals surface area (Å²) in [5, 5.41) is 11.8. The van der Waals surface area contributed by atoms with Crippen LogP contribution in [0.25, 0.3) is 11.0 Å². The van der Waals surface area contributed by atoms with Crippen LogP contribution in [0.1, 0.15) is 12.5 Å². The number of hydrogen-bond donors (Lipinski definition) is 0. The van der Waals surface area contributed by atoms with Crippen LogP contribution in [-0.4, -0.2) is 18.1 Å². The lowest BCUT2D eigenvalue weighted by Gasteiger charge is -2.09. The smallest absolute Gasteiger partial charge is 0.336 e. The molecule has 134 valence electrons. The molecule has 0 amide bonds. The molecule has 26 heavy (non-hydrogen) atoms. The molecule has 0 spiro atoms. The fraction of sp³-hybridized carbons (Fsp3) is 0.211. The van der Waals surface area contributed by atoms with Gasteiger partial charge < -0.3 is 13.9 Å². The molecule has 0 aliphatic carbocycles. The minimum absolute atomic E-state index is 0.0907. The van der Waals surface area contributed by atoms with Gasteiger partial charge in [-0.3, -0.25) is 10.1 Å².